The first-order valence-corrected chi connectivity index (χ1v) is 14.9. The molecule has 3 amide bonds. The fraction of sp³-hybridized carbons (Fsp3) is 0.382. The highest BCUT2D eigenvalue weighted by Gasteiger charge is 2.35. The topological polar surface area (TPSA) is 82.2 Å². The number of ether oxygens (including phenoxy) is 1. The van der Waals surface area contributed by atoms with Crippen molar-refractivity contribution in [2.24, 2.45) is 0 Å². The maximum atomic E-state index is 13.8. The number of piperazine rings is 1. The van der Waals surface area contributed by atoms with Crippen LogP contribution < -0.4 is 5.32 Å². The molecule has 0 aliphatic carbocycles. The van der Waals surface area contributed by atoms with Gasteiger partial charge in [0.05, 0.1) is 12.5 Å². The zero-order chi connectivity index (χ0) is 32.3. The van der Waals surface area contributed by atoms with Crippen molar-refractivity contribution >= 4 is 17.9 Å². The van der Waals surface area contributed by atoms with E-state index in [1.807, 2.05) is 0 Å². The van der Waals surface area contributed by atoms with Crippen LogP contribution in [-0.4, -0.2) is 70.4 Å². The lowest BCUT2D eigenvalue weighted by Crippen LogP contribution is -2.53. The molecular formula is C34H37F3N4O4. The minimum atomic E-state index is -1.18. The fourth-order valence-electron chi connectivity index (χ4n) is 5.83. The third-order valence-electron chi connectivity index (χ3n) is 7.97. The highest BCUT2D eigenvalue weighted by molar-refractivity contribution is 5.91. The van der Waals surface area contributed by atoms with E-state index < -0.39 is 29.5 Å². The van der Waals surface area contributed by atoms with Crippen LogP contribution in [0.3, 0.4) is 0 Å². The molecular weight excluding hydrogens is 585 g/mol. The van der Waals surface area contributed by atoms with Crippen molar-refractivity contribution in [3.63, 3.8) is 0 Å². The van der Waals surface area contributed by atoms with E-state index in [0.717, 1.165) is 16.7 Å². The monoisotopic (exact) mass is 622 g/mol. The molecule has 0 saturated carbocycles. The Morgan fingerprint density at radius 3 is 1.84 bits per heavy atom. The highest BCUT2D eigenvalue weighted by Crippen LogP contribution is 2.30. The van der Waals surface area contributed by atoms with Crippen molar-refractivity contribution in [1.82, 2.24) is 20.0 Å². The molecule has 2 heterocycles. The summed E-state index contributed by atoms with van der Waals surface area (Å²) in [5.41, 5.74) is 2.34. The average Bonchev–Trinajstić information content (AvgIpc) is 3.41. The summed E-state index contributed by atoms with van der Waals surface area (Å²) in [5.74, 6) is -1.90. The van der Waals surface area contributed by atoms with Crippen molar-refractivity contribution in [3.8, 4) is 0 Å². The van der Waals surface area contributed by atoms with Crippen LogP contribution >= 0.6 is 0 Å². The quantitative estimate of drug-likeness (QED) is 0.394. The molecule has 0 bridgehead atoms. The maximum Gasteiger partial charge on any atom is 0.408 e. The van der Waals surface area contributed by atoms with E-state index in [1.165, 1.54) is 41.3 Å². The Morgan fingerprint density at radius 1 is 0.756 bits per heavy atom. The van der Waals surface area contributed by atoms with E-state index in [1.54, 1.807) is 56.0 Å². The van der Waals surface area contributed by atoms with E-state index in [2.05, 4.69) is 10.2 Å². The molecule has 0 spiro atoms. The summed E-state index contributed by atoms with van der Waals surface area (Å²) in [6.45, 7) is 7.13. The maximum absolute atomic E-state index is 13.8. The smallest absolute Gasteiger partial charge is 0.408 e. The standard InChI is InChI=1S/C34H37F3N4O4/c1-34(2,3)45-33(44)38-29(32(43)41-20-24-8-13-28(37)18-25(24)21-41)19-30(42)39-14-16-40(17-15-39)31(22-4-9-26(35)10-5-22)23-6-11-27(36)12-7-23/h4-13,18,29,31H,14-17,19-21H2,1-3H3,(H,38,44)/t29-/m0/s1. The van der Waals surface area contributed by atoms with Crippen molar-refractivity contribution in [1.29, 1.82) is 0 Å². The van der Waals surface area contributed by atoms with E-state index in [-0.39, 0.29) is 43.1 Å². The van der Waals surface area contributed by atoms with Crippen LogP contribution in [0.1, 0.15) is 55.5 Å². The van der Waals surface area contributed by atoms with Crippen molar-refractivity contribution in [2.75, 3.05) is 26.2 Å². The van der Waals surface area contributed by atoms with Crippen LogP contribution in [0, 0.1) is 17.5 Å². The molecule has 11 heteroatoms. The first-order chi connectivity index (χ1) is 21.4. The third-order valence-corrected chi connectivity index (χ3v) is 7.97. The van der Waals surface area contributed by atoms with Gasteiger partial charge in [-0.2, -0.15) is 0 Å². The number of rotatable bonds is 7. The molecule has 238 valence electrons. The molecule has 1 atom stereocenters. The number of hydrogen-bond acceptors (Lipinski definition) is 5. The second-order valence-corrected chi connectivity index (χ2v) is 12.4. The number of halogens is 3. The van der Waals surface area contributed by atoms with E-state index in [4.69, 9.17) is 4.74 Å². The van der Waals surface area contributed by atoms with Gasteiger partial charge in [0.2, 0.25) is 11.8 Å². The summed E-state index contributed by atoms with van der Waals surface area (Å²) in [6.07, 6.45) is -1.10. The molecule has 1 fully saturated rings. The zero-order valence-corrected chi connectivity index (χ0v) is 25.6. The number of hydrogen-bond donors (Lipinski definition) is 1. The van der Waals surface area contributed by atoms with Gasteiger partial charge < -0.3 is 19.9 Å². The van der Waals surface area contributed by atoms with Gasteiger partial charge in [0.15, 0.2) is 0 Å². The van der Waals surface area contributed by atoms with Gasteiger partial charge in [-0.05, 0) is 79.4 Å². The van der Waals surface area contributed by atoms with Crippen molar-refractivity contribution in [2.45, 2.75) is 58.0 Å². The van der Waals surface area contributed by atoms with Gasteiger partial charge in [0, 0.05) is 39.3 Å². The number of carbonyl (C=O) groups excluding carboxylic acids is 3. The molecule has 1 saturated heterocycles. The van der Waals surface area contributed by atoms with Gasteiger partial charge in [0.25, 0.3) is 0 Å². The molecule has 1 N–H and O–H groups in total. The van der Waals surface area contributed by atoms with E-state index in [9.17, 15) is 27.6 Å². The van der Waals surface area contributed by atoms with Crippen LogP contribution in [0.2, 0.25) is 0 Å². The Balaban J connectivity index is 1.28. The van der Waals surface area contributed by atoms with Gasteiger partial charge in [-0.3, -0.25) is 14.5 Å². The lowest BCUT2D eigenvalue weighted by Gasteiger charge is -2.40. The first-order valence-electron chi connectivity index (χ1n) is 14.9. The van der Waals surface area contributed by atoms with Gasteiger partial charge in [-0.1, -0.05) is 30.3 Å². The summed E-state index contributed by atoms with van der Waals surface area (Å²) in [5, 5.41) is 2.59. The lowest BCUT2D eigenvalue weighted by atomic mass is 9.96. The van der Waals surface area contributed by atoms with Crippen molar-refractivity contribution < 1.29 is 32.3 Å². The summed E-state index contributed by atoms with van der Waals surface area (Å²) < 4.78 is 46.6. The van der Waals surface area contributed by atoms with Crippen LogP contribution in [0.15, 0.2) is 66.7 Å². The molecule has 3 aromatic rings. The third kappa shape index (κ3) is 8.02. The second-order valence-electron chi connectivity index (χ2n) is 12.4. The number of alkyl carbamates (subject to hydrolysis) is 1. The molecule has 3 aromatic carbocycles. The predicted molar refractivity (Wildman–Crippen MR) is 161 cm³/mol. The van der Waals surface area contributed by atoms with Crippen LogP contribution in [-0.2, 0) is 27.4 Å². The average molecular weight is 623 g/mol. The minimum Gasteiger partial charge on any atom is -0.444 e. The van der Waals surface area contributed by atoms with Crippen molar-refractivity contribution in [3.05, 3.63) is 106 Å². The summed E-state index contributed by atoms with van der Waals surface area (Å²) in [7, 11) is 0. The molecule has 8 nitrogen and oxygen atoms in total. The second kappa shape index (κ2) is 13.3. The number of nitrogens with one attached hydrogen (secondary N) is 1. The number of nitrogens with zero attached hydrogens (tertiary/aromatic N) is 3. The number of benzene rings is 3. The van der Waals surface area contributed by atoms with E-state index in [0.29, 0.717) is 31.7 Å². The predicted octanol–water partition coefficient (Wildman–Crippen LogP) is 5.16. The van der Waals surface area contributed by atoms with Gasteiger partial charge in [-0.25, -0.2) is 18.0 Å². The Morgan fingerprint density at radius 2 is 1.29 bits per heavy atom. The Kier molecular flexibility index (Phi) is 9.48. The molecule has 45 heavy (non-hydrogen) atoms. The van der Waals surface area contributed by atoms with Crippen LogP contribution in [0.5, 0.6) is 0 Å². The molecule has 2 aliphatic heterocycles. The molecule has 0 unspecified atom stereocenters. The summed E-state index contributed by atoms with van der Waals surface area (Å²) >= 11 is 0. The molecule has 5 rings (SSSR count). The fourth-order valence-corrected chi connectivity index (χ4v) is 5.83. The van der Waals surface area contributed by atoms with Gasteiger partial charge in [0.1, 0.15) is 29.1 Å². The van der Waals surface area contributed by atoms with Crippen LogP contribution in [0.4, 0.5) is 18.0 Å². The Labute approximate surface area is 260 Å². The molecule has 0 radical (unpaired) electrons. The zero-order valence-electron chi connectivity index (χ0n) is 25.6. The largest absolute Gasteiger partial charge is 0.444 e. The van der Waals surface area contributed by atoms with Gasteiger partial charge >= 0.3 is 6.09 Å². The Bertz CT molecular complexity index is 1490. The number of carbonyl (C=O) groups is 3. The number of fused-ring (bicyclic) bond motifs is 1. The van der Waals surface area contributed by atoms with Crippen LogP contribution in [0.25, 0.3) is 0 Å². The van der Waals surface area contributed by atoms with Gasteiger partial charge in [-0.15, -0.1) is 0 Å². The highest BCUT2D eigenvalue weighted by atomic mass is 19.1. The summed E-state index contributed by atoms with van der Waals surface area (Å²) in [4.78, 5) is 45.2. The minimum absolute atomic E-state index is 0.166. The Hall–Kier alpha value is -4.38. The lowest BCUT2D eigenvalue weighted by molar-refractivity contribution is -0.140. The number of amides is 3. The SMILES string of the molecule is CC(C)(C)OC(=O)N[C@@H](CC(=O)N1CCN(C(c2ccc(F)cc2)c2ccc(F)cc2)CC1)C(=O)N1Cc2ccc(F)cc2C1. The molecule has 0 aromatic heterocycles. The summed E-state index contributed by atoms with van der Waals surface area (Å²) in [6, 6.07) is 15.2. The normalized spacial score (nSPS) is 16.0. The first kappa shape index (κ1) is 32.0. The molecule has 2 aliphatic rings. The van der Waals surface area contributed by atoms with E-state index >= 15 is 0 Å².